The van der Waals surface area contributed by atoms with Crippen LogP contribution in [0.2, 0.25) is 0 Å². The van der Waals surface area contributed by atoms with Gasteiger partial charge in [0.05, 0.1) is 6.61 Å². The van der Waals surface area contributed by atoms with E-state index in [4.69, 9.17) is 4.74 Å². The standard InChI is InChI=1S/C18H23NO2/c1-3-10-19-12-15-8-9-17(14(2)11-15)21-18-7-5-4-6-16(18)13-20/h4-9,11,19-20H,3,10,12-13H2,1-2H3. The van der Waals surface area contributed by atoms with E-state index in [9.17, 15) is 5.11 Å². The second-order valence-corrected chi connectivity index (χ2v) is 5.14. The second kappa shape index (κ2) is 7.81. The van der Waals surface area contributed by atoms with E-state index < -0.39 is 0 Å². The Morgan fingerprint density at radius 2 is 1.90 bits per heavy atom. The Kier molecular flexibility index (Phi) is 5.78. The molecule has 0 aliphatic rings. The zero-order valence-corrected chi connectivity index (χ0v) is 12.7. The Labute approximate surface area is 126 Å². The van der Waals surface area contributed by atoms with Crippen molar-refractivity contribution in [1.82, 2.24) is 5.32 Å². The smallest absolute Gasteiger partial charge is 0.132 e. The molecule has 0 heterocycles. The highest BCUT2D eigenvalue weighted by atomic mass is 16.5. The van der Waals surface area contributed by atoms with Gasteiger partial charge in [0.25, 0.3) is 0 Å². The summed E-state index contributed by atoms with van der Waals surface area (Å²) < 4.78 is 5.93. The van der Waals surface area contributed by atoms with E-state index >= 15 is 0 Å². The topological polar surface area (TPSA) is 41.5 Å². The van der Waals surface area contributed by atoms with Gasteiger partial charge in [-0.25, -0.2) is 0 Å². The Bertz CT molecular complexity index is 581. The van der Waals surface area contributed by atoms with Crippen LogP contribution in [0.15, 0.2) is 42.5 Å². The van der Waals surface area contributed by atoms with Gasteiger partial charge < -0.3 is 15.2 Å². The fourth-order valence-corrected chi connectivity index (χ4v) is 2.20. The predicted octanol–water partition coefficient (Wildman–Crippen LogP) is 3.78. The van der Waals surface area contributed by atoms with E-state index in [1.807, 2.05) is 37.3 Å². The Balaban J connectivity index is 2.10. The lowest BCUT2D eigenvalue weighted by Gasteiger charge is -2.13. The van der Waals surface area contributed by atoms with Crippen molar-refractivity contribution in [3.8, 4) is 11.5 Å². The molecule has 21 heavy (non-hydrogen) atoms. The molecular weight excluding hydrogens is 262 g/mol. The van der Waals surface area contributed by atoms with Crippen LogP contribution >= 0.6 is 0 Å². The minimum atomic E-state index is -0.0196. The lowest BCUT2D eigenvalue weighted by Crippen LogP contribution is -2.13. The molecule has 2 aromatic rings. The van der Waals surface area contributed by atoms with Crippen LogP contribution in [0.4, 0.5) is 0 Å². The van der Waals surface area contributed by atoms with Gasteiger partial charge in [-0.15, -0.1) is 0 Å². The van der Waals surface area contributed by atoms with Crippen LogP contribution in [0.1, 0.15) is 30.0 Å². The molecule has 3 heteroatoms. The highest BCUT2D eigenvalue weighted by Gasteiger charge is 2.06. The van der Waals surface area contributed by atoms with Crippen LogP contribution in [-0.2, 0) is 13.2 Å². The van der Waals surface area contributed by atoms with Crippen molar-refractivity contribution in [2.45, 2.75) is 33.4 Å². The number of ether oxygens (including phenoxy) is 1. The molecule has 0 spiro atoms. The van der Waals surface area contributed by atoms with Crippen molar-refractivity contribution in [2.75, 3.05) is 6.54 Å². The quantitative estimate of drug-likeness (QED) is 0.761. The van der Waals surface area contributed by atoms with Crippen molar-refractivity contribution >= 4 is 0 Å². The van der Waals surface area contributed by atoms with Gasteiger partial charge in [0, 0.05) is 12.1 Å². The molecule has 0 aliphatic heterocycles. The molecule has 0 unspecified atom stereocenters. The molecule has 0 saturated carbocycles. The summed E-state index contributed by atoms with van der Waals surface area (Å²) >= 11 is 0. The van der Waals surface area contributed by atoms with Crippen LogP contribution in [0.3, 0.4) is 0 Å². The van der Waals surface area contributed by atoms with Crippen molar-refractivity contribution < 1.29 is 9.84 Å². The third-order valence-corrected chi connectivity index (χ3v) is 3.36. The molecule has 0 amide bonds. The summed E-state index contributed by atoms with van der Waals surface area (Å²) in [5.41, 5.74) is 3.15. The lowest BCUT2D eigenvalue weighted by atomic mass is 10.1. The molecule has 0 fully saturated rings. The molecule has 0 radical (unpaired) electrons. The summed E-state index contributed by atoms with van der Waals surface area (Å²) in [5, 5.41) is 12.7. The maximum Gasteiger partial charge on any atom is 0.132 e. The van der Waals surface area contributed by atoms with Gasteiger partial charge in [0.1, 0.15) is 11.5 Å². The maximum absolute atomic E-state index is 9.34. The van der Waals surface area contributed by atoms with Crippen LogP contribution in [-0.4, -0.2) is 11.7 Å². The monoisotopic (exact) mass is 285 g/mol. The van der Waals surface area contributed by atoms with Crippen molar-refractivity contribution in [1.29, 1.82) is 0 Å². The van der Waals surface area contributed by atoms with Gasteiger partial charge in [-0.3, -0.25) is 0 Å². The zero-order valence-electron chi connectivity index (χ0n) is 12.7. The van der Waals surface area contributed by atoms with E-state index in [2.05, 4.69) is 24.4 Å². The Morgan fingerprint density at radius 3 is 2.62 bits per heavy atom. The number of aliphatic hydroxyl groups is 1. The fraction of sp³-hybridized carbons (Fsp3) is 0.333. The molecule has 0 aliphatic carbocycles. The summed E-state index contributed by atoms with van der Waals surface area (Å²) in [6.45, 7) is 6.09. The summed E-state index contributed by atoms with van der Waals surface area (Å²) in [5.74, 6) is 1.54. The number of hydrogen-bond donors (Lipinski definition) is 2. The molecule has 0 bridgehead atoms. The minimum absolute atomic E-state index is 0.0196. The minimum Gasteiger partial charge on any atom is -0.457 e. The first-order valence-corrected chi connectivity index (χ1v) is 7.41. The first-order valence-electron chi connectivity index (χ1n) is 7.41. The SMILES string of the molecule is CCCNCc1ccc(Oc2ccccc2CO)c(C)c1. The van der Waals surface area contributed by atoms with Crippen molar-refractivity contribution in [3.05, 3.63) is 59.2 Å². The van der Waals surface area contributed by atoms with E-state index in [0.717, 1.165) is 36.4 Å². The average molecular weight is 285 g/mol. The van der Waals surface area contributed by atoms with E-state index in [-0.39, 0.29) is 6.61 Å². The zero-order chi connectivity index (χ0) is 15.1. The third kappa shape index (κ3) is 4.31. The normalized spacial score (nSPS) is 10.6. The molecular formula is C18H23NO2. The highest BCUT2D eigenvalue weighted by Crippen LogP contribution is 2.28. The number of aliphatic hydroxyl groups excluding tert-OH is 1. The van der Waals surface area contributed by atoms with Crippen molar-refractivity contribution in [2.24, 2.45) is 0 Å². The predicted molar refractivity (Wildman–Crippen MR) is 85.6 cm³/mol. The lowest BCUT2D eigenvalue weighted by molar-refractivity contribution is 0.276. The molecule has 2 N–H and O–H groups in total. The average Bonchev–Trinajstić information content (AvgIpc) is 2.50. The number of para-hydroxylation sites is 1. The van der Waals surface area contributed by atoms with Gasteiger partial charge in [-0.2, -0.15) is 0 Å². The Morgan fingerprint density at radius 1 is 1.10 bits per heavy atom. The number of aryl methyl sites for hydroxylation is 1. The Hall–Kier alpha value is -1.84. The van der Waals surface area contributed by atoms with Gasteiger partial charge in [0.15, 0.2) is 0 Å². The van der Waals surface area contributed by atoms with Crippen LogP contribution in [0, 0.1) is 6.92 Å². The summed E-state index contributed by atoms with van der Waals surface area (Å²) in [7, 11) is 0. The molecule has 2 aromatic carbocycles. The molecule has 2 rings (SSSR count). The molecule has 0 aromatic heterocycles. The van der Waals surface area contributed by atoms with Gasteiger partial charge in [0.2, 0.25) is 0 Å². The van der Waals surface area contributed by atoms with Gasteiger partial charge in [-0.1, -0.05) is 37.3 Å². The van der Waals surface area contributed by atoms with Gasteiger partial charge >= 0.3 is 0 Å². The number of benzene rings is 2. The van der Waals surface area contributed by atoms with Crippen LogP contribution in [0.25, 0.3) is 0 Å². The number of nitrogens with one attached hydrogen (secondary N) is 1. The summed E-state index contributed by atoms with van der Waals surface area (Å²) in [6, 6.07) is 13.8. The molecule has 0 saturated heterocycles. The molecule has 0 atom stereocenters. The van der Waals surface area contributed by atoms with E-state index in [1.54, 1.807) is 0 Å². The largest absolute Gasteiger partial charge is 0.457 e. The highest BCUT2D eigenvalue weighted by molar-refractivity contribution is 5.42. The molecule has 112 valence electrons. The first kappa shape index (κ1) is 15.5. The first-order chi connectivity index (χ1) is 10.2. The summed E-state index contributed by atoms with van der Waals surface area (Å²) in [6.07, 6.45) is 1.14. The van der Waals surface area contributed by atoms with E-state index in [1.165, 1.54) is 5.56 Å². The van der Waals surface area contributed by atoms with Crippen molar-refractivity contribution in [3.63, 3.8) is 0 Å². The molecule has 3 nitrogen and oxygen atoms in total. The second-order valence-electron chi connectivity index (χ2n) is 5.14. The maximum atomic E-state index is 9.34. The third-order valence-electron chi connectivity index (χ3n) is 3.36. The summed E-state index contributed by atoms with van der Waals surface area (Å²) in [4.78, 5) is 0. The number of hydrogen-bond acceptors (Lipinski definition) is 3. The van der Waals surface area contributed by atoms with Crippen LogP contribution < -0.4 is 10.1 Å². The fourth-order valence-electron chi connectivity index (χ4n) is 2.20. The van der Waals surface area contributed by atoms with E-state index in [0.29, 0.717) is 5.75 Å². The van der Waals surface area contributed by atoms with Crippen LogP contribution in [0.5, 0.6) is 11.5 Å². The van der Waals surface area contributed by atoms with Gasteiger partial charge in [-0.05, 0) is 43.1 Å². The number of rotatable bonds is 7.